The standard InChI is InChI=1S/C15H17F6N3O2/c16-14(17,18)9-26-11-5-10(6-22-8-11)7-24-12(25)23-4-3-13(1-2-13)15(19,20)21/h5-6,8H,1-4,7,9H2,(H2,23,24,25). The Morgan fingerprint density at radius 3 is 2.42 bits per heavy atom. The predicted molar refractivity (Wildman–Crippen MR) is 78.4 cm³/mol. The van der Waals surface area contributed by atoms with E-state index in [-0.39, 0.29) is 38.1 Å². The third-order valence-electron chi connectivity index (χ3n) is 3.97. The van der Waals surface area contributed by atoms with Gasteiger partial charge in [0.25, 0.3) is 0 Å². The molecule has 2 N–H and O–H groups in total. The van der Waals surface area contributed by atoms with Crippen LogP contribution in [0.4, 0.5) is 31.1 Å². The number of amides is 2. The SMILES string of the molecule is O=C(NCCC1(C(F)(F)F)CC1)NCc1cncc(OCC(F)(F)F)c1. The van der Waals surface area contributed by atoms with Gasteiger partial charge in [-0.15, -0.1) is 0 Å². The van der Waals surface area contributed by atoms with Crippen LogP contribution in [0.3, 0.4) is 0 Å². The molecule has 146 valence electrons. The Bertz CT molecular complexity index is 629. The van der Waals surface area contributed by atoms with Crippen molar-refractivity contribution in [3.63, 3.8) is 0 Å². The molecule has 26 heavy (non-hydrogen) atoms. The fraction of sp³-hybridized carbons (Fsp3) is 0.600. The van der Waals surface area contributed by atoms with Gasteiger partial charge < -0.3 is 15.4 Å². The topological polar surface area (TPSA) is 63.2 Å². The van der Waals surface area contributed by atoms with Crippen LogP contribution in [0.1, 0.15) is 24.8 Å². The van der Waals surface area contributed by atoms with Gasteiger partial charge in [-0.3, -0.25) is 4.98 Å². The van der Waals surface area contributed by atoms with Crippen molar-refractivity contribution < 1.29 is 35.9 Å². The summed E-state index contributed by atoms with van der Waals surface area (Å²) in [6.45, 7) is -1.65. The van der Waals surface area contributed by atoms with Crippen LogP contribution in [-0.4, -0.2) is 36.5 Å². The number of hydrogen-bond acceptors (Lipinski definition) is 3. The third kappa shape index (κ3) is 5.95. The van der Waals surface area contributed by atoms with Crippen molar-refractivity contribution in [3.05, 3.63) is 24.0 Å². The summed E-state index contributed by atoms with van der Waals surface area (Å²) >= 11 is 0. The van der Waals surface area contributed by atoms with Gasteiger partial charge in [0, 0.05) is 19.3 Å². The summed E-state index contributed by atoms with van der Waals surface area (Å²) in [7, 11) is 0. The molecule has 0 spiro atoms. The molecular weight excluding hydrogens is 368 g/mol. The smallest absolute Gasteiger partial charge is 0.422 e. The molecule has 0 aromatic carbocycles. The number of halogens is 6. The fourth-order valence-corrected chi connectivity index (χ4v) is 2.29. The van der Waals surface area contributed by atoms with Crippen molar-refractivity contribution in [1.82, 2.24) is 15.6 Å². The van der Waals surface area contributed by atoms with Gasteiger partial charge in [-0.1, -0.05) is 0 Å². The first-order valence-electron chi connectivity index (χ1n) is 7.73. The minimum atomic E-state index is -4.48. The molecule has 0 unspecified atom stereocenters. The number of nitrogens with zero attached hydrogens (tertiary/aromatic N) is 1. The molecule has 11 heteroatoms. The minimum absolute atomic E-state index is 0.0630. The van der Waals surface area contributed by atoms with Crippen molar-refractivity contribution in [3.8, 4) is 5.75 Å². The maximum atomic E-state index is 12.7. The second-order valence-electron chi connectivity index (χ2n) is 6.07. The molecule has 1 aromatic heterocycles. The van der Waals surface area contributed by atoms with Crippen molar-refractivity contribution >= 4 is 6.03 Å². The number of carbonyl (C=O) groups is 1. The zero-order valence-electron chi connectivity index (χ0n) is 13.5. The Morgan fingerprint density at radius 2 is 1.85 bits per heavy atom. The number of aromatic nitrogens is 1. The average Bonchev–Trinajstić information content (AvgIpc) is 3.32. The molecule has 1 aliphatic rings. The van der Waals surface area contributed by atoms with Gasteiger partial charge in [0.2, 0.25) is 0 Å². The van der Waals surface area contributed by atoms with Crippen molar-refractivity contribution in [2.24, 2.45) is 5.41 Å². The molecule has 1 heterocycles. The lowest BCUT2D eigenvalue weighted by atomic mass is 10.0. The van der Waals surface area contributed by atoms with Crippen molar-refractivity contribution in [1.29, 1.82) is 0 Å². The molecule has 1 fully saturated rings. The van der Waals surface area contributed by atoms with Crippen LogP contribution in [-0.2, 0) is 6.54 Å². The summed E-state index contributed by atoms with van der Waals surface area (Å²) in [6.07, 6.45) is -6.39. The van der Waals surface area contributed by atoms with Crippen molar-refractivity contribution in [2.75, 3.05) is 13.2 Å². The summed E-state index contributed by atoms with van der Waals surface area (Å²) in [5, 5.41) is 4.73. The Labute approximate surface area is 145 Å². The number of alkyl halides is 6. The number of pyridine rings is 1. The van der Waals surface area contributed by atoms with E-state index in [0.717, 1.165) is 6.20 Å². The Balaban J connectivity index is 1.72. The second-order valence-corrected chi connectivity index (χ2v) is 6.07. The Hall–Kier alpha value is -2.20. The molecule has 2 amide bonds. The van der Waals surface area contributed by atoms with Gasteiger partial charge in [-0.05, 0) is 30.9 Å². The normalized spacial score (nSPS) is 16.1. The summed E-state index contributed by atoms with van der Waals surface area (Å²) < 4.78 is 79.1. The number of nitrogens with one attached hydrogen (secondary N) is 2. The average molecular weight is 385 g/mol. The quantitative estimate of drug-likeness (QED) is 0.706. The van der Waals surface area contributed by atoms with E-state index in [2.05, 4.69) is 20.4 Å². The Morgan fingerprint density at radius 1 is 1.15 bits per heavy atom. The zero-order valence-corrected chi connectivity index (χ0v) is 13.5. The molecule has 1 aromatic rings. The van der Waals surface area contributed by atoms with Crippen LogP contribution < -0.4 is 15.4 Å². The fourth-order valence-electron chi connectivity index (χ4n) is 2.29. The minimum Gasteiger partial charge on any atom is -0.482 e. The Kier molecular flexibility index (Phi) is 5.87. The van der Waals surface area contributed by atoms with Crippen LogP contribution in [0, 0.1) is 5.41 Å². The van der Waals surface area contributed by atoms with E-state index >= 15 is 0 Å². The van der Waals surface area contributed by atoms with Gasteiger partial charge >= 0.3 is 18.4 Å². The third-order valence-corrected chi connectivity index (χ3v) is 3.97. The van der Waals surface area contributed by atoms with E-state index in [1.165, 1.54) is 12.3 Å². The molecule has 2 rings (SSSR count). The maximum Gasteiger partial charge on any atom is 0.422 e. The summed E-state index contributed by atoms with van der Waals surface area (Å²) in [6, 6.07) is 0.603. The van der Waals surface area contributed by atoms with Crippen molar-refractivity contribution in [2.45, 2.75) is 38.2 Å². The summed E-state index contributed by atoms with van der Waals surface area (Å²) in [5.41, 5.74) is -1.30. The number of carbonyl (C=O) groups excluding carboxylic acids is 1. The number of hydrogen-bond donors (Lipinski definition) is 2. The highest BCUT2D eigenvalue weighted by atomic mass is 19.4. The van der Waals surface area contributed by atoms with Gasteiger partial charge in [0.1, 0.15) is 5.75 Å². The van der Waals surface area contributed by atoms with Crippen LogP contribution in [0.25, 0.3) is 0 Å². The van der Waals surface area contributed by atoms with E-state index in [0.29, 0.717) is 5.56 Å². The molecule has 0 aliphatic heterocycles. The van der Waals surface area contributed by atoms with Crippen LogP contribution in [0.5, 0.6) is 5.75 Å². The monoisotopic (exact) mass is 385 g/mol. The van der Waals surface area contributed by atoms with E-state index in [9.17, 15) is 31.1 Å². The number of ether oxygens (including phenoxy) is 1. The molecule has 0 bridgehead atoms. The molecule has 1 saturated carbocycles. The lowest BCUT2D eigenvalue weighted by Crippen LogP contribution is -2.37. The molecule has 1 aliphatic carbocycles. The molecule has 0 radical (unpaired) electrons. The lowest BCUT2D eigenvalue weighted by Gasteiger charge is -2.19. The van der Waals surface area contributed by atoms with E-state index in [4.69, 9.17) is 0 Å². The number of rotatable bonds is 7. The highest BCUT2D eigenvalue weighted by Crippen LogP contribution is 2.59. The van der Waals surface area contributed by atoms with Gasteiger partial charge in [0.05, 0.1) is 11.6 Å². The van der Waals surface area contributed by atoms with Gasteiger partial charge in [0.15, 0.2) is 6.61 Å². The molecular formula is C15H17F6N3O2. The summed E-state index contributed by atoms with van der Waals surface area (Å²) in [4.78, 5) is 15.3. The lowest BCUT2D eigenvalue weighted by molar-refractivity contribution is -0.188. The summed E-state index contributed by atoms with van der Waals surface area (Å²) in [5.74, 6) is -0.108. The van der Waals surface area contributed by atoms with Crippen LogP contribution >= 0.6 is 0 Å². The highest BCUT2D eigenvalue weighted by molar-refractivity contribution is 5.73. The largest absolute Gasteiger partial charge is 0.482 e. The predicted octanol–water partition coefficient (Wildman–Crippen LogP) is 3.55. The van der Waals surface area contributed by atoms with E-state index < -0.39 is 30.4 Å². The van der Waals surface area contributed by atoms with Gasteiger partial charge in [-0.25, -0.2) is 4.79 Å². The van der Waals surface area contributed by atoms with Crippen LogP contribution in [0.2, 0.25) is 0 Å². The first kappa shape index (κ1) is 20.1. The second kappa shape index (κ2) is 7.58. The molecule has 0 saturated heterocycles. The number of urea groups is 1. The van der Waals surface area contributed by atoms with E-state index in [1.54, 1.807) is 0 Å². The molecule has 0 atom stereocenters. The van der Waals surface area contributed by atoms with E-state index in [1.807, 2.05) is 0 Å². The maximum absolute atomic E-state index is 12.7. The zero-order chi connectivity index (χ0) is 19.4. The van der Waals surface area contributed by atoms with Gasteiger partial charge in [-0.2, -0.15) is 26.3 Å². The molecule has 5 nitrogen and oxygen atoms in total. The highest BCUT2D eigenvalue weighted by Gasteiger charge is 2.62. The van der Waals surface area contributed by atoms with Crippen LogP contribution in [0.15, 0.2) is 18.5 Å². The first-order valence-corrected chi connectivity index (χ1v) is 7.73. The first-order chi connectivity index (χ1) is 12.0.